The van der Waals surface area contributed by atoms with Crippen LogP contribution in [-0.2, 0) is 10.5 Å². The van der Waals surface area contributed by atoms with Gasteiger partial charge >= 0.3 is 0 Å². The highest BCUT2D eigenvalue weighted by Crippen LogP contribution is 2.33. The van der Waals surface area contributed by atoms with Crippen molar-refractivity contribution in [2.75, 3.05) is 19.1 Å². The van der Waals surface area contributed by atoms with E-state index in [1.807, 2.05) is 61.5 Å². The molecule has 0 spiro atoms. The summed E-state index contributed by atoms with van der Waals surface area (Å²) in [5.74, 6) is 1.70. The maximum atomic E-state index is 12.7. The number of anilines is 1. The lowest BCUT2D eigenvalue weighted by atomic mass is 10.2. The van der Waals surface area contributed by atoms with Crippen LogP contribution >= 0.6 is 34.9 Å². The molecule has 1 heterocycles. The lowest BCUT2D eigenvalue weighted by Gasteiger charge is -2.20. The molecule has 146 valence electrons. The van der Waals surface area contributed by atoms with Gasteiger partial charge in [0.05, 0.1) is 12.4 Å². The maximum Gasteiger partial charge on any atom is 0.240 e. The van der Waals surface area contributed by atoms with Gasteiger partial charge in [0.25, 0.3) is 0 Å². The minimum Gasteiger partial charge on any atom is -0.497 e. The fraction of sp³-hybridized carbons (Fsp3) is 0.250. The molecule has 28 heavy (non-hydrogen) atoms. The van der Waals surface area contributed by atoms with Crippen LogP contribution < -0.4 is 9.64 Å². The van der Waals surface area contributed by atoms with Crippen molar-refractivity contribution in [3.05, 3.63) is 60.2 Å². The van der Waals surface area contributed by atoms with Crippen LogP contribution in [0, 0.1) is 0 Å². The molecule has 0 aliphatic heterocycles. The van der Waals surface area contributed by atoms with Gasteiger partial charge in [0.2, 0.25) is 5.91 Å². The Morgan fingerprint density at radius 1 is 1.11 bits per heavy atom. The molecule has 0 saturated heterocycles. The van der Waals surface area contributed by atoms with E-state index >= 15 is 0 Å². The van der Waals surface area contributed by atoms with E-state index in [0.717, 1.165) is 25.9 Å². The van der Waals surface area contributed by atoms with Gasteiger partial charge in [0.1, 0.15) is 5.75 Å². The Kier molecular flexibility index (Phi) is 7.36. The first kappa shape index (κ1) is 20.7. The highest BCUT2D eigenvalue weighted by atomic mass is 32.2. The summed E-state index contributed by atoms with van der Waals surface area (Å²) in [6.45, 7) is 1.90. The average molecular weight is 432 g/mol. The predicted octanol–water partition coefficient (Wildman–Crippen LogP) is 4.98. The van der Waals surface area contributed by atoms with E-state index in [4.69, 9.17) is 4.74 Å². The number of nitrogens with zero attached hydrogens (tertiary/aromatic N) is 3. The Hall–Kier alpha value is -2.03. The summed E-state index contributed by atoms with van der Waals surface area (Å²) in [6, 6.07) is 17.6. The van der Waals surface area contributed by atoms with Crippen LogP contribution in [-0.4, -0.2) is 35.5 Å². The fourth-order valence-electron chi connectivity index (χ4n) is 2.42. The zero-order valence-corrected chi connectivity index (χ0v) is 18.3. The fourth-order valence-corrected chi connectivity index (χ4v) is 5.64. The van der Waals surface area contributed by atoms with E-state index in [1.54, 1.807) is 30.8 Å². The molecule has 0 bridgehead atoms. The summed E-state index contributed by atoms with van der Waals surface area (Å²) in [5, 5.41) is 8.23. The molecule has 1 amide bonds. The van der Waals surface area contributed by atoms with Crippen molar-refractivity contribution >= 4 is 46.5 Å². The molecule has 0 aliphatic carbocycles. The van der Waals surface area contributed by atoms with Crippen LogP contribution in [0.1, 0.15) is 12.5 Å². The third-order valence-electron chi connectivity index (χ3n) is 4.01. The molecule has 0 fully saturated rings. The molecule has 0 N–H and O–H groups in total. The van der Waals surface area contributed by atoms with Crippen molar-refractivity contribution in [1.82, 2.24) is 10.2 Å². The smallest absolute Gasteiger partial charge is 0.240 e. The molecule has 1 unspecified atom stereocenters. The molecular weight excluding hydrogens is 410 g/mol. The normalized spacial score (nSPS) is 11.8. The van der Waals surface area contributed by atoms with Crippen LogP contribution in [0.15, 0.2) is 63.3 Å². The number of rotatable bonds is 8. The van der Waals surface area contributed by atoms with E-state index in [2.05, 4.69) is 10.2 Å². The topological polar surface area (TPSA) is 55.3 Å². The highest BCUT2D eigenvalue weighted by molar-refractivity contribution is 8.03. The summed E-state index contributed by atoms with van der Waals surface area (Å²) in [4.78, 5) is 14.3. The lowest BCUT2D eigenvalue weighted by Crippen LogP contribution is -2.33. The molecule has 3 rings (SSSR count). The van der Waals surface area contributed by atoms with Gasteiger partial charge in [0.15, 0.2) is 8.68 Å². The Bertz CT molecular complexity index is 901. The minimum atomic E-state index is -0.238. The van der Waals surface area contributed by atoms with E-state index < -0.39 is 0 Å². The number of thioether (sulfide) groups is 2. The van der Waals surface area contributed by atoms with Crippen LogP contribution in [0.2, 0.25) is 0 Å². The Labute approximate surface area is 177 Å². The number of carbonyl (C=O) groups excluding carboxylic acids is 1. The second-order valence-electron chi connectivity index (χ2n) is 5.96. The first-order valence-electron chi connectivity index (χ1n) is 8.65. The van der Waals surface area contributed by atoms with E-state index in [0.29, 0.717) is 0 Å². The SMILES string of the molecule is COc1ccc(CSc2nnc(SC(C)C(=O)N(C)c3ccccc3)s2)cc1. The van der Waals surface area contributed by atoms with Gasteiger partial charge in [0, 0.05) is 18.5 Å². The quantitative estimate of drug-likeness (QED) is 0.469. The Morgan fingerprint density at radius 2 is 1.79 bits per heavy atom. The van der Waals surface area contributed by atoms with Crippen molar-refractivity contribution in [3.8, 4) is 5.75 Å². The molecular formula is C20H21N3O2S3. The lowest BCUT2D eigenvalue weighted by molar-refractivity contribution is -0.117. The summed E-state index contributed by atoms with van der Waals surface area (Å²) >= 11 is 4.61. The molecule has 0 radical (unpaired) electrons. The monoisotopic (exact) mass is 431 g/mol. The number of methoxy groups -OCH3 is 1. The van der Waals surface area contributed by atoms with E-state index in [-0.39, 0.29) is 11.2 Å². The zero-order chi connectivity index (χ0) is 19.9. The second-order valence-corrected chi connectivity index (χ2v) is 9.75. The van der Waals surface area contributed by atoms with Gasteiger partial charge in [-0.1, -0.05) is 65.2 Å². The van der Waals surface area contributed by atoms with Gasteiger partial charge in [-0.05, 0) is 36.8 Å². The summed E-state index contributed by atoms with van der Waals surface area (Å²) < 4.78 is 6.88. The van der Waals surface area contributed by atoms with Gasteiger partial charge in [-0.25, -0.2) is 0 Å². The highest BCUT2D eigenvalue weighted by Gasteiger charge is 2.21. The minimum absolute atomic E-state index is 0.0406. The third-order valence-corrected chi connectivity index (χ3v) is 7.31. The summed E-state index contributed by atoms with van der Waals surface area (Å²) in [6.07, 6.45) is 0. The Morgan fingerprint density at radius 3 is 2.46 bits per heavy atom. The van der Waals surface area contributed by atoms with Crippen LogP contribution in [0.4, 0.5) is 5.69 Å². The maximum absolute atomic E-state index is 12.7. The van der Waals surface area contributed by atoms with Crippen molar-refractivity contribution in [2.45, 2.75) is 26.6 Å². The van der Waals surface area contributed by atoms with Crippen molar-refractivity contribution < 1.29 is 9.53 Å². The molecule has 0 aliphatic rings. The number of ether oxygens (including phenoxy) is 1. The molecule has 8 heteroatoms. The average Bonchev–Trinajstić information content (AvgIpc) is 3.19. The second kappa shape index (κ2) is 9.95. The number of carbonyl (C=O) groups is 1. The molecule has 0 saturated carbocycles. The van der Waals surface area contributed by atoms with Gasteiger partial charge in [-0.2, -0.15) is 0 Å². The third kappa shape index (κ3) is 5.50. The summed E-state index contributed by atoms with van der Waals surface area (Å²) in [5.41, 5.74) is 2.08. The molecule has 1 atom stereocenters. The van der Waals surface area contributed by atoms with Crippen LogP contribution in [0.5, 0.6) is 5.75 Å². The number of hydrogen-bond acceptors (Lipinski definition) is 7. The number of amides is 1. The van der Waals surface area contributed by atoms with Crippen LogP contribution in [0.3, 0.4) is 0 Å². The van der Waals surface area contributed by atoms with Crippen molar-refractivity contribution in [1.29, 1.82) is 0 Å². The molecule has 3 aromatic rings. The Balaban J connectivity index is 1.53. The van der Waals surface area contributed by atoms with Crippen LogP contribution in [0.25, 0.3) is 0 Å². The van der Waals surface area contributed by atoms with Crippen molar-refractivity contribution in [3.63, 3.8) is 0 Å². The van der Waals surface area contributed by atoms with E-state index in [9.17, 15) is 4.79 Å². The standard InChI is InChI=1S/C20H21N3O2S3/c1-14(18(24)23(2)16-7-5-4-6-8-16)27-20-22-21-19(28-20)26-13-15-9-11-17(25-3)12-10-15/h4-12,14H,13H2,1-3H3. The summed E-state index contributed by atoms with van der Waals surface area (Å²) in [7, 11) is 3.46. The molecule has 5 nitrogen and oxygen atoms in total. The first-order valence-corrected chi connectivity index (χ1v) is 11.3. The number of benzene rings is 2. The first-order chi connectivity index (χ1) is 13.6. The molecule has 2 aromatic carbocycles. The zero-order valence-electron chi connectivity index (χ0n) is 15.9. The predicted molar refractivity (Wildman–Crippen MR) is 118 cm³/mol. The molecule has 1 aromatic heterocycles. The van der Waals surface area contributed by atoms with Gasteiger partial charge < -0.3 is 9.64 Å². The number of hydrogen-bond donors (Lipinski definition) is 0. The van der Waals surface area contributed by atoms with E-state index in [1.165, 1.54) is 28.7 Å². The number of aromatic nitrogens is 2. The largest absolute Gasteiger partial charge is 0.497 e. The van der Waals surface area contributed by atoms with Gasteiger partial charge in [-0.15, -0.1) is 10.2 Å². The number of para-hydroxylation sites is 1. The van der Waals surface area contributed by atoms with Gasteiger partial charge in [-0.3, -0.25) is 4.79 Å². The van der Waals surface area contributed by atoms with Crippen molar-refractivity contribution in [2.24, 2.45) is 0 Å².